The number of halogens is 3. The molecule has 0 N–H and O–H groups in total. The van der Waals surface area contributed by atoms with Crippen molar-refractivity contribution in [1.29, 1.82) is 0 Å². The minimum atomic E-state index is -1.60. The second kappa shape index (κ2) is 4.52. The standard InChI is InChI=1S/C2HBr2ClO2.Na/c3-2(4,5)1(6)7;/h(H,6,7);/q;+1/p-1. The average molecular weight is 274 g/mol. The fourth-order valence-electron chi connectivity index (χ4n) is 0. The molecule has 2 nitrogen and oxygen atoms in total. The van der Waals surface area contributed by atoms with Crippen molar-refractivity contribution in [2.75, 3.05) is 0 Å². The summed E-state index contributed by atoms with van der Waals surface area (Å²) in [7, 11) is 0. The van der Waals surface area contributed by atoms with Crippen LogP contribution in [0.1, 0.15) is 0 Å². The van der Waals surface area contributed by atoms with Crippen molar-refractivity contribution in [2.45, 2.75) is 2.69 Å². The SMILES string of the molecule is O=C([O-])C(Cl)(Br)Br.[Na+]. The van der Waals surface area contributed by atoms with E-state index < -0.39 is 8.66 Å². The molecule has 0 aliphatic heterocycles. The molecule has 0 aromatic carbocycles. The molecular weight excluding hydrogens is 274 g/mol. The third kappa shape index (κ3) is 5.85. The van der Waals surface area contributed by atoms with Gasteiger partial charge in [-0.1, -0.05) is 11.6 Å². The minimum Gasteiger partial charge on any atom is -0.546 e. The summed E-state index contributed by atoms with van der Waals surface area (Å²) >= 11 is 10.2. The van der Waals surface area contributed by atoms with Crippen LogP contribution in [0.3, 0.4) is 0 Å². The summed E-state index contributed by atoms with van der Waals surface area (Å²) in [5.74, 6) is -1.41. The summed E-state index contributed by atoms with van der Waals surface area (Å²) in [6.45, 7) is 0. The van der Waals surface area contributed by atoms with Gasteiger partial charge in [0.15, 0.2) is 2.69 Å². The number of alkyl halides is 3. The number of carbonyl (C=O) groups excluding carboxylic acids is 1. The molecule has 0 aliphatic carbocycles. The van der Waals surface area contributed by atoms with Crippen LogP contribution in [-0.4, -0.2) is 8.66 Å². The van der Waals surface area contributed by atoms with Crippen LogP contribution in [0.25, 0.3) is 0 Å². The van der Waals surface area contributed by atoms with Crippen LogP contribution in [0.5, 0.6) is 0 Å². The molecule has 0 aromatic heterocycles. The van der Waals surface area contributed by atoms with Gasteiger partial charge in [-0.05, 0) is 31.9 Å². The van der Waals surface area contributed by atoms with Gasteiger partial charge in [-0.15, -0.1) is 0 Å². The van der Waals surface area contributed by atoms with Gasteiger partial charge in [-0.3, -0.25) is 0 Å². The Labute approximate surface area is 90.5 Å². The van der Waals surface area contributed by atoms with Gasteiger partial charge >= 0.3 is 29.6 Å². The number of rotatable bonds is 1. The van der Waals surface area contributed by atoms with E-state index in [2.05, 4.69) is 31.9 Å². The molecule has 0 saturated heterocycles. The van der Waals surface area contributed by atoms with Crippen LogP contribution in [-0.2, 0) is 4.79 Å². The van der Waals surface area contributed by atoms with Crippen molar-refractivity contribution in [1.82, 2.24) is 0 Å². The Morgan fingerprint density at radius 1 is 1.62 bits per heavy atom. The smallest absolute Gasteiger partial charge is 0.546 e. The second-order valence-electron chi connectivity index (χ2n) is 0.785. The normalized spacial score (nSPS) is 9.88. The third-order valence-electron chi connectivity index (χ3n) is 0.231. The maximum atomic E-state index is 9.68. The van der Waals surface area contributed by atoms with Crippen molar-refractivity contribution in [3.63, 3.8) is 0 Å². The van der Waals surface area contributed by atoms with E-state index >= 15 is 0 Å². The molecule has 0 atom stereocenters. The van der Waals surface area contributed by atoms with E-state index in [0.29, 0.717) is 0 Å². The first-order valence-electron chi connectivity index (χ1n) is 1.23. The van der Waals surface area contributed by atoms with Gasteiger partial charge in [0.2, 0.25) is 0 Å². The van der Waals surface area contributed by atoms with E-state index in [1.54, 1.807) is 0 Å². The molecule has 0 unspecified atom stereocenters. The van der Waals surface area contributed by atoms with Crippen LogP contribution in [0.15, 0.2) is 0 Å². The molecule has 0 radical (unpaired) electrons. The van der Waals surface area contributed by atoms with Gasteiger partial charge in [0.05, 0.1) is 5.97 Å². The molecule has 0 fully saturated rings. The summed E-state index contributed by atoms with van der Waals surface area (Å²) in [5, 5.41) is 9.68. The van der Waals surface area contributed by atoms with E-state index in [-0.39, 0.29) is 29.6 Å². The zero-order valence-electron chi connectivity index (χ0n) is 3.95. The van der Waals surface area contributed by atoms with Crippen molar-refractivity contribution >= 4 is 49.4 Å². The predicted molar refractivity (Wildman–Crippen MR) is 31.4 cm³/mol. The largest absolute Gasteiger partial charge is 1.00 e. The average Bonchev–Trinajstić information content (AvgIpc) is 1.31. The number of hydrogen-bond acceptors (Lipinski definition) is 2. The topological polar surface area (TPSA) is 40.1 Å². The molecule has 0 aromatic rings. The van der Waals surface area contributed by atoms with Crippen molar-refractivity contribution in [3.05, 3.63) is 0 Å². The Morgan fingerprint density at radius 3 is 1.75 bits per heavy atom. The predicted octanol–water partition coefficient (Wildman–Crippen LogP) is -2.58. The van der Waals surface area contributed by atoms with Crippen molar-refractivity contribution in [3.8, 4) is 0 Å². The number of carbonyl (C=O) groups is 1. The monoisotopic (exact) mass is 272 g/mol. The van der Waals surface area contributed by atoms with Crippen LogP contribution in [0, 0.1) is 0 Å². The molecule has 0 amide bonds. The van der Waals surface area contributed by atoms with E-state index in [4.69, 9.17) is 11.6 Å². The van der Waals surface area contributed by atoms with Crippen LogP contribution < -0.4 is 34.7 Å². The van der Waals surface area contributed by atoms with Crippen LogP contribution in [0.2, 0.25) is 0 Å². The Balaban J connectivity index is 0. The second-order valence-corrected chi connectivity index (χ2v) is 5.71. The first-order valence-corrected chi connectivity index (χ1v) is 3.19. The summed E-state index contributed by atoms with van der Waals surface area (Å²) in [5.41, 5.74) is 0. The molecule has 0 saturated carbocycles. The molecule has 8 heavy (non-hydrogen) atoms. The fraction of sp³-hybridized carbons (Fsp3) is 0.500. The van der Waals surface area contributed by atoms with E-state index in [1.165, 1.54) is 0 Å². The van der Waals surface area contributed by atoms with Crippen molar-refractivity contribution < 1.29 is 39.5 Å². The fourth-order valence-corrected chi connectivity index (χ4v) is 0. The Kier molecular flexibility index (Phi) is 7.01. The molecule has 0 aliphatic rings. The molecule has 0 rings (SSSR count). The Bertz CT molecular complexity index is 90.5. The number of carboxylic acids is 1. The first-order chi connectivity index (χ1) is 2.94. The zero-order chi connectivity index (χ0) is 6.08. The molecule has 0 spiro atoms. The molecular formula is C2Br2ClNaO2. The molecule has 0 heterocycles. The molecule has 0 bridgehead atoms. The van der Waals surface area contributed by atoms with E-state index in [1.807, 2.05) is 0 Å². The van der Waals surface area contributed by atoms with Crippen LogP contribution >= 0.6 is 43.5 Å². The quantitative estimate of drug-likeness (QED) is 0.389. The van der Waals surface area contributed by atoms with Gasteiger partial charge < -0.3 is 9.90 Å². The summed E-state index contributed by atoms with van der Waals surface area (Å²) < 4.78 is -1.60. The molecule has 6 heteroatoms. The molecule has 42 valence electrons. The minimum absolute atomic E-state index is 0. The van der Waals surface area contributed by atoms with Gasteiger partial charge in [0, 0.05) is 0 Å². The van der Waals surface area contributed by atoms with E-state index in [0.717, 1.165) is 0 Å². The van der Waals surface area contributed by atoms with Crippen LogP contribution in [0.4, 0.5) is 0 Å². The van der Waals surface area contributed by atoms with Gasteiger partial charge in [-0.2, -0.15) is 0 Å². The zero-order valence-corrected chi connectivity index (χ0v) is 9.88. The summed E-state index contributed by atoms with van der Waals surface area (Å²) in [6.07, 6.45) is 0. The Hall–Kier alpha value is 1.72. The third-order valence-corrected chi connectivity index (χ3v) is 1.03. The summed E-state index contributed by atoms with van der Waals surface area (Å²) in [4.78, 5) is 9.68. The van der Waals surface area contributed by atoms with E-state index in [9.17, 15) is 9.90 Å². The van der Waals surface area contributed by atoms with Crippen molar-refractivity contribution in [2.24, 2.45) is 0 Å². The van der Waals surface area contributed by atoms with Gasteiger partial charge in [0.1, 0.15) is 0 Å². The number of aliphatic carboxylic acids is 1. The first kappa shape index (κ1) is 12.4. The Morgan fingerprint density at radius 2 is 1.75 bits per heavy atom. The maximum Gasteiger partial charge on any atom is 1.00 e. The number of hydrogen-bond donors (Lipinski definition) is 0. The number of carboxylic acid groups (broad SMARTS) is 1. The van der Waals surface area contributed by atoms with Gasteiger partial charge in [0.25, 0.3) is 0 Å². The van der Waals surface area contributed by atoms with Gasteiger partial charge in [-0.25, -0.2) is 0 Å². The summed E-state index contributed by atoms with van der Waals surface area (Å²) in [6, 6.07) is 0. The maximum absolute atomic E-state index is 9.68.